The van der Waals surface area contributed by atoms with Crippen LogP contribution in [0.4, 0.5) is 0 Å². The van der Waals surface area contributed by atoms with Crippen LogP contribution in [0.25, 0.3) is 0 Å². The van der Waals surface area contributed by atoms with Crippen molar-refractivity contribution in [2.75, 3.05) is 25.1 Å². The van der Waals surface area contributed by atoms with Gasteiger partial charge >= 0.3 is 0 Å². The van der Waals surface area contributed by atoms with Crippen LogP contribution < -0.4 is 10.6 Å². The number of halogens is 1. The smallest absolute Gasteiger partial charge is 0.237 e. The highest BCUT2D eigenvalue weighted by atomic mass is 35.5. The molecular weight excluding hydrogens is 422 g/mol. The first-order valence-electron chi connectivity index (χ1n) is 10.2. The second-order valence-electron chi connectivity index (χ2n) is 9.49. The average molecular weight is 454 g/mol. The molecule has 0 aromatic heterocycles. The molecule has 1 aliphatic rings. The third kappa shape index (κ3) is 6.69. The van der Waals surface area contributed by atoms with Crippen molar-refractivity contribution >= 4 is 27.3 Å². The first kappa shape index (κ1) is 24.6. The number of hydrogen-bond acceptors (Lipinski definition) is 5. The van der Waals surface area contributed by atoms with Crippen LogP contribution in [-0.2, 0) is 20.0 Å². The highest BCUT2D eigenvalue weighted by Gasteiger charge is 2.48. The maximum Gasteiger partial charge on any atom is 0.237 e. The molecule has 1 fully saturated rings. The van der Waals surface area contributed by atoms with Gasteiger partial charge in [-0.25, -0.2) is 8.42 Å². The van der Waals surface area contributed by atoms with Crippen molar-refractivity contribution in [3.05, 3.63) is 34.9 Å². The molecule has 0 spiro atoms. The molecule has 1 aromatic rings. The Bertz CT molecular complexity index is 888. The van der Waals surface area contributed by atoms with Crippen molar-refractivity contribution in [1.82, 2.24) is 10.6 Å². The second kappa shape index (κ2) is 9.67. The summed E-state index contributed by atoms with van der Waals surface area (Å²) in [6.07, 6.45) is 2.73. The van der Waals surface area contributed by atoms with Crippen molar-refractivity contribution in [2.45, 2.75) is 51.5 Å². The van der Waals surface area contributed by atoms with E-state index in [1.807, 2.05) is 12.1 Å². The molecule has 0 bridgehead atoms. The van der Waals surface area contributed by atoms with E-state index in [-0.39, 0.29) is 29.5 Å². The minimum atomic E-state index is -3.05. The lowest BCUT2D eigenvalue weighted by atomic mass is 9.61. The summed E-state index contributed by atoms with van der Waals surface area (Å²) in [5, 5.41) is 17.1. The fourth-order valence-electron chi connectivity index (χ4n) is 4.16. The van der Waals surface area contributed by atoms with E-state index in [2.05, 4.69) is 37.5 Å². The lowest BCUT2D eigenvalue weighted by molar-refractivity contribution is -0.124. The summed E-state index contributed by atoms with van der Waals surface area (Å²) < 4.78 is 22.5. The van der Waals surface area contributed by atoms with Crippen molar-refractivity contribution in [3.8, 4) is 6.07 Å². The predicted molar refractivity (Wildman–Crippen MR) is 120 cm³/mol. The number of amides is 1. The van der Waals surface area contributed by atoms with Gasteiger partial charge in [-0.15, -0.1) is 0 Å². The molecule has 30 heavy (non-hydrogen) atoms. The minimum absolute atomic E-state index is 0.0294. The molecular formula is C22H32ClN3O3S. The number of hydrogen-bond donors (Lipinski definition) is 2. The van der Waals surface area contributed by atoms with Crippen molar-refractivity contribution in [1.29, 1.82) is 5.26 Å². The Morgan fingerprint density at radius 1 is 1.33 bits per heavy atom. The Hall–Kier alpha value is -1.62. The Balaban J connectivity index is 2.22. The molecule has 1 saturated heterocycles. The zero-order chi connectivity index (χ0) is 22.6. The number of nitrogens with zero attached hydrogens (tertiary/aromatic N) is 1. The van der Waals surface area contributed by atoms with Gasteiger partial charge in [-0.2, -0.15) is 5.26 Å². The third-order valence-electron chi connectivity index (χ3n) is 5.56. The molecule has 3 unspecified atom stereocenters. The first-order valence-corrected chi connectivity index (χ1v) is 12.7. The van der Waals surface area contributed by atoms with Crippen LogP contribution in [-0.4, -0.2) is 45.5 Å². The molecule has 1 heterocycles. The van der Waals surface area contributed by atoms with Crippen LogP contribution >= 0.6 is 11.6 Å². The number of carbonyl (C=O) groups is 1. The fourth-order valence-corrected chi connectivity index (χ4v) is 4.96. The second-order valence-corrected chi connectivity index (χ2v) is 12.2. The maximum absolute atomic E-state index is 12.8. The molecule has 0 aliphatic carbocycles. The van der Waals surface area contributed by atoms with Gasteiger partial charge in [0.05, 0.1) is 23.3 Å². The predicted octanol–water partition coefficient (Wildman–Crippen LogP) is 3.07. The molecule has 3 atom stereocenters. The summed E-state index contributed by atoms with van der Waals surface area (Å²) in [5.74, 6) is -0.129. The standard InChI is InChI=1S/C22H32ClN3O3S/c1-21(2,3)12-17-14-26-19(20(27)25-10-5-11-30(4,28)29)13-22(17,15-24)16-6-8-18(23)9-7-16/h6-9,17,19,26H,5,10-14H2,1-4H3,(H,25,27). The third-order valence-corrected chi connectivity index (χ3v) is 6.84. The Morgan fingerprint density at radius 2 is 1.97 bits per heavy atom. The Kier molecular flexibility index (Phi) is 7.95. The lowest BCUT2D eigenvalue weighted by Gasteiger charge is -2.45. The van der Waals surface area contributed by atoms with Gasteiger partial charge in [0.25, 0.3) is 0 Å². The van der Waals surface area contributed by atoms with Crippen molar-refractivity contribution in [3.63, 3.8) is 0 Å². The topological polar surface area (TPSA) is 99.1 Å². The summed E-state index contributed by atoms with van der Waals surface area (Å²) >= 11 is 6.06. The first-order chi connectivity index (χ1) is 13.9. The number of nitrogens with one attached hydrogen (secondary N) is 2. The zero-order valence-corrected chi connectivity index (χ0v) is 19.7. The van der Waals surface area contributed by atoms with Gasteiger partial charge in [-0.1, -0.05) is 44.5 Å². The van der Waals surface area contributed by atoms with Gasteiger partial charge in [-0.3, -0.25) is 4.79 Å². The molecule has 0 radical (unpaired) electrons. The number of nitriles is 1. The van der Waals surface area contributed by atoms with Crippen molar-refractivity contribution < 1.29 is 13.2 Å². The molecule has 2 rings (SSSR count). The van der Waals surface area contributed by atoms with Gasteiger partial charge in [0.2, 0.25) is 5.91 Å². The number of piperidine rings is 1. The zero-order valence-electron chi connectivity index (χ0n) is 18.2. The summed E-state index contributed by atoms with van der Waals surface area (Å²) in [4.78, 5) is 12.8. The van der Waals surface area contributed by atoms with Crippen LogP contribution in [0.1, 0.15) is 45.6 Å². The highest BCUT2D eigenvalue weighted by molar-refractivity contribution is 7.90. The summed E-state index contributed by atoms with van der Waals surface area (Å²) in [5.41, 5.74) is 0.0967. The van der Waals surface area contributed by atoms with Gasteiger partial charge < -0.3 is 10.6 Å². The van der Waals surface area contributed by atoms with Crippen molar-refractivity contribution in [2.24, 2.45) is 11.3 Å². The number of sulfone groups is 1. The van der Waals surface area contributed by atoms with E-state index in [4.69, 9.17) is 11.6 Å². The van der Waals surface area contributed by atoms with Gasteiger partial charge in [0.15, 0.2) is 0 Å². The van der Waals surface area contributed by atoms with E-state index in [0.29, 0.717) is 24.4 Å². The molecule has 8 heteroatoms. The quantitative estimate of drug-likeness (QED) is 0.618. The summed E-state index contributed by atoms with van der Waals surface area (Å²) in [6.45, 7) is 7.29. The van der Waals surface area contributed by atoms with Crippen LogP contribution in [0.2, 0.25) is 5.02 Å². The molecule has 1 amide bonds. The largest absolute Gasteiger partial charge is 0.355 e. The van der Waals surface area contributed by atoms with Gasteiger partial charge in [0.1, 0.15) is 9.84 Å². The normalized spacial score (nSPS) is 24.8. The van der Waals surface area contributed by atoms with E-state index >= 15 is 0 Å². The van der Waals surface area contributed by atoms with E-state index in [1.165, 1.54) is 6.26 Å². The number of carbonyl (C=O) groups excluding carboxylic acids is 1. The van der Waals surface area contributed by atoms with E-state index in [9.17, 15) is 18.5 Å². The van der Waals surface area contributed by atoms with E-state index in [1.54, 1.807) is 12.1 Å². The number of rotatable bonds is 7. The molecule has 6 nitrogen and oxygen atoms in total. The Labute approximate surface area is 185 Å². The SMILES string of the molecule is CC(C)(C)CC1CNC(C(=O)NCCCS(C)(=O)=O)CC1(C#N)c1ccc(Cl)cc1. The van der Waals surface area contributed by atoms with Crippen LogP contribution in [0.3, 0.4) is 0 Å². The van der Waals surface area contributed by atoms with Gasteiger partial charge in [0, 0.05) is 24.4 Å². The van der Waals surface area contributed by atoms with Crippen LogP contribution in [0, 0.1) is 22.7 Å². The van der Waals surface area contributed by atoms with Crippen LogP contribution in [0.5, 0.6) is 0 Å². The summed E-state index contributed by atoms with van der Waals surface area (Å²) in [6, 6.07) is 9.37. The minimum Gasteiger partial charge on any atom is -0.355 e. The molecule has 1 aromatic carbocycles. The molecule has 0 saturated carbocycles. The van der Waals surface area contributed by atoms with E-state index < -0.39 is 21.3 Å². The molecule has 166 valence electrons. The summed E-state index contributed by atoms with van der Waals surface area (Å²) in [7, 11) is -3.05. The fraction of sp³-hybridized carbons (Fsp3) is 0.636. The average Bonchev–Trinajstić information content (AvgIpc) is 2.64. The van der Waals surface area contributed by atoms with Crippen LogP contribution in [0.15, 0.2) is 24.3 Å². The number of benzene rings is 1. The Morgan fingerprint density at radius 3 is 2.50 bits per heavy atom. The van der Waals surface area contributed by atoms with E-state index in [0.717, 1.165) is 12.0 Å². The van der Waals surface area contributed by atoms with Gasteiger partial charge in [-0.05, 0) is 48.3 Å². The highest BCUT2D eigenvalue weighted by Crippen LogP contribution is 2.44. The molecule has 1 aliphatic heterocycles. The lowest BCUT2D eigenvalue weighted by Crippen LogP contribution is -2.58. The maximum atomic E-state index is 12.8. The molecule has 2 N–H and O–H groups in total. The monoisotopic (exact) mass is 453 g/mol.